The second-order valence-electron chi connectivity index (χ2n) is 5.20. The van der Waals surface area contributed by atoms with Crippen LogP contribution in [-0.2, 0) is 0 Å². The Morgan fingerprint density at radius 2 is 1.87 bits per heavy atom. The number of hydrogen-bond donors (Lipinski definition) is 2. The monoisotopic (exact) mass is 316 g/mol. The lowest BCUT2D eigenvalue weighted by molar-refractivity contribution is 0.171. The Balaban J connectivity index is 1.65. The van der Waals surface area contributed by atoms with Crippen molar-refractivity contribution in [2.45, 2.75) is 13.0 Å². The molecule has 0 radical (unpaired) electrons. The van der Waals surface area contributed by atoms with E-state index in [4.69, 9.17) is 9.47 Å². The lowest BCUT2D eigenvalue weighted by atomic mass is 10.1. The van der Waals surface area contributed by atoms with Gasteiger partial charge in [0.15, 0.2) is 11.5 Å². The molecule has 1 aliphatic heterocycles. The van der Waals surface area contributed by atoms with Crippen LogP contribution in [0.15, 0.2) is 42.5 Å². The summed E-state index contributed by atoms with van der Waals surface area (Å²) in [7, 11) is 0. The van der Waals surface area contributed by atoms with Crippen molar-refractivity contribution < 1.29 is 18.7 Å². The highest BCUT2D eigenvalue weighted by Gasteiger charge is 2.16. The summed E-state index contributed by atoms with van der Waals surface area (Å²) in [5.41, 5.74) is 1.01. The van der Waals surface area contributed by atoms with E-state index in [0.717, 1.165) is 5.56 Å². The Bertz CT molecular complexity index is 721. The number of ether oxygens (including phenoxy) is 2. The minimum Gasteiger partial charge on any atom is -0.486 e. The van der Waals surface area contributed by atoms with Crippen molar-refractivity contribution in [1.82, 2.24) is 5.32 Å². The summed E-state index contributed by atoms with van der Waals surface area (Å²) in [4.78, 5) is 12.0. The zero-order valence-corrected chi connectivity index (χ0v) is 12.6. The number of hydrogen-bond acceptors (Lipinski definition) is 3. The van der Waals surface area contributed by atoms with Gasteiger partial charge in [-0.25, -0.2) is 9.18 Å². The highest BCUT2D eigenvalue weighted by atomic mass is 19.1. The summed E-state index contributed by atoms with van der Waals surface area (Å²) in [5.74, 6) is 0.884. The zero-order valence-electron chi connectivity index (χ0n) is 12.6. The molecule has 120 valence electrons. The average molecular weight is 316 g/mol. The molecule has 0 saturated carbocycles. The number of rotatable bonds is 3. The molecule has 1 heterocycles. The zero-order chi connectivity index (χ0) is 16.2. The molecule has 0 aliphatic carbocycles. The van der Waals surface area contributed by atoms with Gasteiger partial charge in [0.2, 0.25) is 0 Å². The Morgan fingerprint density at radius 3 is 2.65 bits per heavy atom. The van der Waals surface area contributed by atoms with Crippen LogP contribution in [-0.4, -0.2) is 19.2 Å². The van der Waals surface area contributed by atoms with E-state index in [1.165, 1.54) is 12.1 Å². The number of nitrogens with one attached hydrogen (secondary N) is 2. The van der Waals surface area contributed by atoms with E-state index in [0.29, 0.717) is 24.7 Å². The predicted octanol–water partition coefficient (Wildman–Crippen LogP) is 3.48. The van der Waals surface area contributed by atoms with Gasteiger partial charge in [-0.3, -0.25) is 0 Å². The number of para-hydroxylation sites is 1. The molecular formula is C17H17FN2O3. The second-order valence-corrected chi connectivity index (χ2v) is 5.20. The molecule has 0 saturated heterocycles. The SMILES string of the molecule is C[C@@H](NC(=O)Nc1ccccc1F)c1ccc2c(c1)OCCO2. The molecule has 0 fully saturated rings. The first-order chi connectivity index (χ1) is 11.1. The average Bonchev–Trinajstić information content (AvgIpc) is 2.56. The Morgan fingerprint density at radius 1 is 1.13 bits per heavy atom. The minimum atomic E-state index is -0.477. The van der Waals surface area contributed by atoms with E-state index in [2.05, 4.69) is 10.6 Å². The largest absolute Gasteiger partial charge is 0.486 e. The van der Waals surface area contributed by atoms with Gasteiger partial charge >= 0.3 is 6.03 Å². The highest BCUT2D eigenvalue weighted by molar-refractivity contribution is 5.89. The molecule has 0 bridgehead atoms. The molecule has 6 heteroatoms. The topological polar surface area (TPSA) is 59.6 Å². The van der Waals surface area contributed by atoms with Gasteiger partial charge in [-0.05, 0) is 36.8 Å². The van der Waals surface area contributed by atoms with Crippen LogP contribution in [0.3, 0.4) is 0 Å². The number of carbonyl (C=O) groups excluding carboxylic acids is 1. The summed E-state index contributed by atoms with van der Waals surface area (Å²) < 4.78 is 24.5. The molecule has 2 aromatic carbocycles. The van der Waals surface area contributed by atoms with E-state index >= 15 is 0 Å². The van der Waals surface area contributed by atoms with Crippen LogP contribution in [0.4, 0.5) is 14.9 Å². The molecule has 1 atom stereocenters. The van der Waals surface area contributed by atoms with Crippen molar-refractivity contribution in [2.75, 3.05) is 18.5 Å². The smallest absolute Gasteiger partial charge is 0.319 e. The molecule has 3 rings (SSSR count). The Kier molecular flexibility index (Phi) is 4.32. The third kappa shape index (κ3) is 3.53. The van der Waals surface area contributed by atoms with Gasteiger partial charge in [0.1, 0.15) is 19.0 Å². The predicted molar refractivity (Wildman–Crippen MR) is 84.4 cm³/mol. The normalized spacial score (nSPS) is 14.0. The van der Waals surface area contributed by atoms with Crippen LogP contribution >= 0.6 is 0 Å². The number of urea groups is 1. The molecule has 5 nitrogen and oxygen atoms in total. The fraction of sp³-hybridized carbons (Fsp3) is 0.235. The first-order valence-corrected chi connectivity index (χ1v) is 7.35. The summed E-state index contributed by atoms with van der Waals surface area (Å²) in [5, 5.41) is 5.26. The molecule has 2 N–H and O–H groups in total. The summed E-state index contributed by atoms with van der Waals surface area (Å²) in [6, 6.07) is 10.8. The molecule has 2 amide bonds. The van der Waals surface area contributed by atoms with Crippen molar-refractivity contribution in [1.29, 1.82) is 0 Å². The number of benzene rings is 2. The maximum absolute atomic E-state index is 13.5. The number of fused-ring (bicyclic) bond motifs is 1. The van der Waals surface area contributed by atoms with Crippen molar-refractivity contribution in [3.8, 4) is 11.5 Å². The van der Waals surface area contributed by atoms with Gasteiger partial charge in [-0.2, -0.15) is 0 Å². The quantitative estimate of drug-likeness (QED) is 0.911. The molecular weight excluding hydrogens is 299 g/mol. The number of halogens is 1. The Hall–Kier alpha value is -2.76. The van der Waals surface area contributed by atoms with Crippen molar-refractivity contribution in [3.63, 3.8) is 0 Å². The van der Waals surface area contributed by atoms with Crippen LogP contribution in [0.25, 0.3) is 0 Å². The molecule has 0 spiro atoms. The lowest BCUT2D eigenvalue weighted by Crippen LogP contribution is -2.31. The van der Waals surface area contributed by atoms with Crippen LogP contribution in [0.2, 0.25) is 0 Å². The van der Waals surface area contributed by atoms with Crippen molar-refractivity contribution in [2.24, 2.45) is 0 Å². The number of anilines is 1. The third-order valence-corrected chi connectivity index (χ3v) is 3.54. The van der Waals surface area contributed by atoms with Gasteiger partial charge in [-0.15, -0.1) is 0 Å². The van der Waals surface area contributed by atoms with E-state index in [9.17, 15) is 9.18 Å². The van der Waals surface area contributed by atoms with Crippen molar-refractivity contribution in [3.05, 3.63) is 53.8 Å². The van der Waals surface area contributed by atoms with E-state index in [-0.39, 0.29) is 11.7 Å². The third-order valence-electron chi connectivity index (χ3n) is 3.54. The molecule has 1 aliphatic rings. The first-order valence-electron chi connectivity index (χ1n) is 7.35. The Labute approximate surface area is 133 Å². The summed E-state index contributed by atoms with van der Waals surface area (Å²) in [6.45, 7) is 2.88. The maximum Gasteiger partial charge on any atom is 0.319 e. The van der Waals surface area contributed by atoms with E-state index in [1.54, 1.807) is 12.1 Å². The fourth-order valence-corrected chi connectivity index (χ4v) is 2.33. The highest BCUT2D eigenvalue weighted by Crippen LogP contribution is 2.32. The van der Waals surface area contributed by atoms with Gasteiger partial charge in [0, 0.05) is 0 Å². The van der Waals surface area contributed by atoms with Gasteiger partial charge < -0.3 is 20.1 Å². The molecule has 2 aromatic rings. The minimum absolute atomic E-state index is 0.138. The van der Waals surface area contributed by atoms with Crippen LogP contribution in [0.5, 0.6) is 11.5 Å². The van der Waals surface area contributed by atoms with E-state index in [1.807, 2.05) is 25.1 Å². The molecule has 0 aromatic heterocycles. The van der Waals surface area contributed by atoms with Gasteiger partial charge in [0.05, 0.1) is 11.7 Å². The van der Waals surface area contributed by atoms with Crippen LogP contribution < -0.4 is 20.1 Å². The van der Waals surface area contributed by atoms with Crippen molar-refractivity contribution >= 4 is 11.7 Å². The van der Waals surface area contributed by atoms with Gasteiger partial charge in [0.25, 0.3) is 0 Å². The number of carbonyl (C=O) groups is 1. The second kappa shape index (κ2) is 6.56. The van der Waals surface area contributed by atoms with Crippen LogP contribution in [0.1, 0.15) is 18.5 Å². The summed E-state index contributed by atoms with van der Waals surface area (Å²) in [6.07, 6.45) is 0. The standard InChI is InChI=1S/C17H17FN2O3/c1-11(12-6-7-15-16(10-12)23-9-8-22-15)19-17(21)20-14-5-3-2-4-13(14)18/h2-7,10-11H,8-9H2,1H3,(H2,19,20,21)/t11-/m1/s1. The number of amides is 2. The fourth-order valence-electron chi connectivity index (χ4n) is 2.33. The first kappa shape index (κ1) is 15.1. The molecule has 23 heavy (non-hydrogen) atoms. The summed E-state index contributed by atoms with van der Waals surface area (Å²) >= 11 is 0. The van der Waals surface area contributed by atoms with Gasteiger partial charge in [-0.1, -0.05) is 18.2 Å². The van der Waals surface area contributed by atoms with Crippen LogP contribution in [0, 0.1) is 5.82 Å². The van der Waals surface area contributed by atoms with E-state index < -0.39 is 11.8 Å². The molecule has 0 unspecified atom stereocenters. The maximum atomic E-state index is 13.5. The lowest BCUT2D eigenvalue weighted by Gasteiger charge is -2.21.